The molecule has 0 saturated carbocycles. The van der Waals surface area contributed by atoms with Gasteiger partial charge in [0.25, 0.3) is 0 Å². The van der Waals surface area contributed by atoms with Gasteiger partial charge in [0.05, 0.1) is 23.0 Å². The summed E-state index contributed by atoms with van der Waals surface area (Å²) in [5, 5.41) is 0.293. The van der Waals surface area contributed by atoms with E-state index in [0.29, 0.717) is 22.6 Å². The van der Waals surface area contributed by atoms with Crippen molar-refractivity contribution in [3.63, 3.8) is 0 Å². The smallest absolute Gasteiger partial charge is 0.345 e. The number of hydrogen-bond donors (Lipinski definition) is 1. The molecule has 31 heavy (non-hydrogen) atoms. The number of esters is 1. The number of benzene rings is 1. The maximum atomic E-state index is 13.3. The number of carbonyl (C=O) groups excluding carboxylic acids is 1. The highest BCUT2D eigenvalue weighted by molar-refractivity contribution is 6.02. The molecule has 0 spiro atoms. The van der Waals surface area contributed by atoms with Crippen LogP contribution in [0.25, 0.3) is 27.7 Å². The highest BCUT2D eigenvalue weighted by Gasteiger charge is 2.24. The molecule has 5 rings (SSSR count). The van der Waals surface area contributed by atoms with E-state index in [0.717, 1.165) is 43.6 Å². The SMILES string of the molecule is CCOC(=O)c1c(=O)c2cnc(N3CCCN(C)CC3)nc2n2c1[nH]c1ccccc12. The van der Waals surface area contributed by atoms with Crippen molar-refractivity contribution in [1.82, 2.24) is 24.3 Å². The monoisotopic (exact) mass is 420 g/mol. The summed E-state index contributed by atoms with van der Waals surface area (Å²) in [5.74, 6) is -0.0664. The Morgan fingerprint density at radius 3 is 2.87 bits per heavy atom. The van der Waals surface area contributed by atoms with Crippen molar-refractivity contribution in [2.75, 3.05) is 44.7 Å². The lowest BCUT2D eigenvalue weighted by atomic mass is 10.2. The second-order valence-electron chi connectivity index (χ2n) is 7.80. The number of carbonyl (C=O) groups is 1. The van der Waals surface area contributed by atoms with Gasteiger partial charge in [-0.2, -0.15) is 4.98 Å². The molecule has 4 heterocycles. The third kappa shape index (κ3) is 3.21. The second-order valence-corrected chi connectivity index (χ2v) is 7.80. The van der Waals surface area contributed by atoms with Crippen LogP contribution in [0.3, 0.4) is 0 Å². The van der Waals surface area contributed by atoms with Crippen LogP contribution in [0, 0.1) is 0 Å². The predicted octanol–water partition coefficient (Wildman–Crippen LogP) is 2.04. The summed E-state index contributed by atoms with van der Waals surface area (Å²) in [5.41, 5.74) is 2.04. The number of nitrogens with one attached hydrogen (secondary N) is 1. The number of pyridine rings is 1. The lowest BCUT2D eigenvalue weighted by Crippen LogP contribution is -2.30. The number of fused-ring (bicyclic) bond motifs is 5. The first-order valence-electron chi connectivity index (χ1n) is 10.5. The maximum absolute atomic E-state index is 13.3. The first kappa shape index (κ1) is 19.5. The number of likely N-dealkylation sites (N-methyl/N-ethyl adjacent to an activating group) is 1. The van der Waals surface area contributed by atoms with Crippen LogP contribution >= 0.6 is 0 Å². The van der Waals surface area contributed by atoms with Crippen LogP contribution in [0.1, 0.15) is 23.7 Å². The molecule has 1 fully saturated rings. The second kappa shape index (κ2) is 7.66. The van der Waals surface area contributed by atoms with Gasteiger partial charge in [0.2, 0.25) is 11.4 Å². The fraction of sp³-hybridized carbons (Fsp3) is 0.364. The average molecular weight is 420 g/mol. The summed E-state index contributed by atoms with van der Waals surface area (Å²) in [6.07, 6.45) is 2.55. The number of nitrogens with zero attached hydrogens (tertiary/aromatic N) is 5. The topological polar surface area (TPSA) is 95.8 Å². The van der Waals surface area contributed by atoms with Crippen molar-refractivity contribution in [1.29, 1.82) is 0 Å². The highest BCUT2D eigenvalue weighted by atomic mass is 16.5. The van der Waals surface area contributed by atoms with Crippen LogP contribution in [0.4, 0.5) is 5.95 Å². The van der Waals surface area contributed by atoms with Crippen LogP contribution in [0.2, 0.25) is 0 Å². The number of hydrogen-bond acceptors (Lipinski definition) is 7. The van der Waals surface area contributed by atoms with Gasteiger partial charge in [-0.15, -0.1) is 0 Å². The van der Waals surface area contributed by atoms with Crippen molar-refractivity contribution < 1.29 is 9.53 Å². The Labute approximate surface area is 178 Å². The van der Waals surface area contributed by atoms with Crippen LogP contribution in [0.5, 0.6) is 0 Å². The van der Waals surface area contributed by atoms with E-state index in [9.17, 15) is 9.59 Å². The lowest BCUT2D eigenvalue weighted by molar-refractivity contribution is 0.0527. The number of ether oxygens (including phenoxy) is 1. The summed E-state index contributed by atoms with van der Waals surface area (Å²) < 4.78 is 7.01. The maximum Gasteiger partial charge on any atom is 0.345 e. The molecule has 160 valence electrons. The van der Waals surface area contributed by atoms with Crippen molar-refractivity contribution in [2.45, 2.75) is 13.3 Å². The molecule has 0 atom stereocenters. The molecule has 0 aliphatic carbocycles. The van der Waals surface area contributed by atoms with E-state index in [1.165, 1.54) is 6.20 Å². The van der Waals surface area contributed by atoms with E-state index in [1.54, 1.807) is 6.92 Å². The van der Waals surface area contributed by atoms with Gasteiger partial charge in [-0.3, -0.25) is 9.20 Å². The number of imidazole rings is 1. The quantitative estimate of drug-likeness (QED) is 0.507. The summed E-state index contributed by atoms with van der Waals surface area (Å²) in [6, 6.07) is 7.65. The molecule has 1 saturated heterocycles. The number of aromatic amines is 1. The molecule has 1 aliphatic rings. The molecule has 3 aromatic heterocycles. The largest absolute Gasteiger partial charge is 0.462 e. The number of H-pyrrole nitrogens is 1. The molecule has 0 unspecified atom stereocenters. The van der Waals surface area contributed by atoms with E-state index in [-0.39, 0.29) is 12.2 Å². The van der Waals surface area contributed by atoms with Crippen LogP contribution < -0.4 is 10.3 Å². The van der Waals surface area contributed by atoms with Crippen molar-refractivity contribution in [3.05, 3.63) is 46.2 Å². The molecule has 4 aromatic rings. The van der Waals surface area contributed by atoms with E-state index >= 15 is 0 Å². The van der Waals surface area contributed by atoms with E-state index in [2.05, 4.69) is 26.8 Å². The fourth-order valence-electron chi connectivity index (χ4n) is 4.20. The Balaban J connectivity index is 1.80. The minimum atomic E-state index is -0.655. The average Bonchev–Trinajstić information content (AvgIpc) is 3.01. The first-order valence-corrected chi connectivity index (χ1v) is 10.5. The normalized spacial score (nSPS) is 15.6. The van der Waals surface area contributed by atoms with E-state index < -0.39 is 11.4 Å². The Hall–Kier alpha value is -3.46. The van der Waals surface area contributed by atoms with Crippen molar-refractivity contribution in [2.24, 2.45) is 0 Å². The first-order chi connectivity index (χ1) is 15.1. The number of rotatable bonds is 3. The molecule has 1 N–H and O–H groups in total. The minimum absolute atomic E-state index is 0.0294. The zero-order valence-corrected chi connectivity index (χ0v) is 17.6. The minimum Gasteiger partial charge on any atom is -0.462 e. The third-order valence-corrected chi connectivity index (χ3v) is 5.78. The molecule has 0 radical (unpaired) electrons. The van der Waals surface area contributed by atoms with Crippen LogP contribution in [-0.4, -0.2) is 70.1 Å². The fourth-order valence-corrected chi connectivity index (χ4v) is 4.20. The van der Waals surface area contributed by atoms with Crippen molar-refractivity contribution in [3.8, 4) is 0 Å². The molecule has 9 heteroatoms. The van der Waals surface area contributed by atoms with Gasteiger partial charge in [-0.25, -0.2) is 9.78 Å². The number of para-hydroxylation sites is 2. The van der Waals surface area contributed by atoms with Gasteiger partial charge < -0.3 is 19.5 Å². The standard InChI is InChI=1S/C22H24N6O3/c1-3-31-21(30)17-18(29)14-13-23-22(27-10-6-9-26(2)11-12-27)25-19(14)28-16-8-5-4-7-15(16)24-20(17)28/h4-5,7-8,13,24H,3,6,9-12H2,1-2H3. The third-order valence-electron chi connectivity index (χ3n) is 5.78. The lowest BCUT2D eigenvalue weighted by Gasteiger charge is -2.20. The predicted molar refractivity (Wildman–Crippen MR) is 119 cm³/mol. The molecule has 1 aliphatic heterocycles. The molecular formula is C22H24N6O3. The summed E-state index contributed by atoms with van der Waals surface area (Å²) in [4.78, 5) is 42.9. The molecular weight excluding hydrogens is 396 g/mol. The van der Waals surface area contributed by atoms with Crippen LogP contribution in [-0.2, 0) is 4.74 Å². The van der Waals surface area contributed by atoms with Gasteiger partial charge in [0.1, 0.15) is 11.2 Å². The summed E-state index contributed by atoms with van der Waals surface area (Å²) in [7, 11) is 2.11. The molecule has 0 amide bonds. The van der Waals surface area contributed by atoms with Gasteiger partial charge in [0.15, 0.2) is 5.65 Å². The molecule has 1 aromatic carbocycles. The number of anilines is 1. The van der Waals surface area contributed by atoms with Gasteiger partial charge >= 0.3 is 5.97 Å². The number of aromatic nitrogens is 4. The molecule has 0 bridgehead atoms. The zero-order chi connectivity index (χ0) is 21.5. The summed E-state index contributed by atoms with van der Waals surface area (Å²) in [6.45, 7) is 5.51. The van der Waals surface area contributed by atoms with Gasteiger partial charge in [-0.05, 0) is 39.1 Å². The van der Waals surface area contributed by atoms with Gasteiger partial charge in [0, 0.05) is 25.8 Å². The Bertz CT molecular complexity index is 1360. The van der Waals surface area contributed by atoms with Crippen molar-refractivity contribution >= 4 is 39.6 Å². The molecule has 9 nitrogen and oxygen atoms in total. The Kier molecular flexibility index (Phi) is 4.82. The van der Waals surface area contributed by atoms with E-state index in [1.807, 2.05) is 28.7 Å². The van der Waals surface area contributed by atoms with Gasteiger partial charge in [-0.1, -0.05) is 12.1 Å². The Morgan fingerprint density at radius 1 is 1.19 bits per heavy atom. The summed E-state index contributed by atoms with van der Waals surface area (Å²) >= 11 is 0. The van der Waals surface area contributed by atoms with E-state index in [4.69, 9.17) is 9.72 Å². The Morgan fingerprint density at radius 2 is 2.03 bits per heavy atom. The zero-order valence-electron chi connectivity index (χ0n) is 17.6. The van der Waals surface area contributed by atoms with Crippen LogP contribution in [0.15, 0.2) is 35.3 Å². The highest BCUT2D eigenvalue weighted by Crippen LogP contribution is 2.24.